The molecule has 0 saturated heterocycles. The van der Waals surface area contributed by atoms with E-state index in [0.29, 0.717) is 0 Å². The number of nitrogens with one attached hydrogen (secondary N) is 5. The molecule has 5 amide bonds. The molecular formula is C40H59N5O8. The van der Waals surface area contributed by atoms with E-state index in [1.807, 2.05) is 68.4 Å². The van der Waals surface area contributed by atoms with Crippen LogP contribution in [0.2, 0.25) is 0 Å². The van der Waals surface area contributed by atoms with Gasteiger partial charge >= 0.3 is 12.1 Å². The van der Waals surface area contributed by atoms with Crippen molar-refractivity contribution in [2.75, 3.05) is 7.11 Å². The first-order valence-corrected chi connectivity index (χ1v) is 18.2. The van der Waals surface area contributed by atoms with Crippen molar-refractivity contribution in [2.24, 2.45) is 17.8 Å². The van der Waals surface area contributed by atoms with Crippen molar-refractivity contribution in [2.45, 2.75) is 118 Å². The molecule has 0 aliphatic heterocycles. The van der Waals surface area contributed by atoms with Gasteiger partial charge in [-0.05, 0) is 68.6 Å². The van der Waals surface area contributed by atoms with Gasteiger partial charge in [-0.25, -0.2) is 9.59 Å². The Morgan fingerprint density at radius 3 is 1.62 bits per heavy atom. The minimum Gasteiger partial charge on any atom is -0.467 e. The Balaban J connectivity index is 2.39. The molecule has 0 aliphatic rings. The number of benzene rings is 2. The summed E-state index contributed by atoms with van der Waals surface area (Å²) in [5, 5.41) is 13.5. The average molecular weight is 738 g/mol. The third kappa shape index (κ3) is 14.9. The van der Waals surface area contributed by atoms with Crippen LogP contribution in [0.15, 0.2) is 54.6 Å². The van der Waals surface area contributed by atoms with Gasteiger partial charge in [0.15, 0.2) is 0 Å². The molecule has 53 heavy (non-hydrogen) atoms. The number of methoxy groups -OCH3 is 1. The molecule has 5 N–H and O–H groups in total. The number of ether oxygens (including phenoxy) is 2. The summed E-state index contributed by atoms with van der Waals surface area (Å²) in [5.74, 6) is -3.76. The van der Waals surface area contributed by atoms with E-state index in [2.05, 4.69) is 26.6 Å². The van der Waals surface area contributed by atoms with Gasteiger partial charge < -0.3 is 36.1 Å². The largest absolute Gasteiger partial charge is 0.467 e. The topological polar surface area (TPSA) is 181 Å². The first-order chi connectivity index (χ1) is 24.7. The Kier molecular flexibility index (Phi) is 17.0. The van der Waals surface area contributed by atoms with Crippen molar-refractivity contribution < 1.29 is 38.2 Å². The Morgan fingerprint density at radius 1 is 0.604 bits per heavy atom. The van der Waals surface area contributed by atoms with Gasteiger partial charge in [0, 0.05) is 6.42 Å². The number of carbonyl (C=O) groups is 6. The fourth-order valence-electron chi connectivity index (χ4n) is 5.39. The first kappa shape index (κ1) is 44.2. The second-order valence-electron chi connectivity index (χ2n) is 15.4. The molecule has 0 radical (unpaired) electrons. The molecule has 0 saturated carbocycles. The van der Waals surface area contributed by atoms with Gasteiger partial charge in [-0.2, -0.15) is 0 Å². The van der Waals surface area contributed by atoms with E-state index in [1.54, 1.807) is 48.5 Å². The van der Waals surface area contributed by atoms with Gasteiger partial charge in [0.2, 0.25) is 23.6 Å². The monoisotopic (exact) mass is 737 g/mol. The van der Waals surface area contributed by atoms with Crippen LogP contribution in [0.5, 0.6) is 0 Å². The van der Waals surface area contributed by atoms with Gasteiger partial charge in [0.1, 0.15) is 35.8 Å². The number of amides is 5. The summed E-state index contributed by atoms with van der Waals surface area (Å²) in [6, 6.07) is 12.1. The van der Waals surface area contributed by atoms with Crippen molar-refractivity contribution in [3.63, 3.8) is 0 Å². The Morgan fingerprint density at radius 2 is 1.11 bits per heavy atom. The van der Waals surface area contributed by atoms with Crippen LogP contribution in [0.4, 0.5) is 4.79 Å². The predicted molar refractivity (Wildman–Crippen MR) is 203 cm³/mol. The normalized spacial score (nSPS) is 14.3. The minimum absolute atomic E-state index is 0.0318. The Labute approximate surface area is 314 Å². The fourth-order valence-corrected chi connectivity index (χ4v) is 5.39. The van der Waals surface area contributed by atoms with Crippen molar-refractivity contribution >= 4 is 35.7 Å². The molecule has 0 fully saturated rings. The molecule has 0 bridgehead atoms. The summed E-state index contributed by atoms with van der Waals surface area (Å²) in [5.41, 5.74) is 1.95. The number of hydrogen-bond donors (Lipinski definition) is 5. The summed E-state index contributed by atoms with van der Waals surface area (Å²) in [7, 11) is 1.23. The zero-order valence-corrected chi connectivity index (χ0v) is 33.0. The van der Waals surface area contributed by atoms with Gasteiger partial charge in [0.05, 0.1) is 7.11 Å². The van der Waals surface area contributed by atoms with Crippen LogP contribution in [0.1, 0.15) is 81.2 Å². The molecule has 5 atom stereocenters. The molecular weight excluding hydrogens is 678 g/mol. The SMILES string of the molecule is COC(=O)[C@@H](NC(=O)[C@H](NC(=O)[C@H](Cc1ccc(-c2ccccc2)cc1)NC(=O)[C@H](CC(C)C)NC(=O)[C@H](C)NC(=O)OC(C)(C)C)C(C)C)C(C)C. The van der Waals surface area contributed by atoms with E-state index in [-0.39, 0.29) is 24.7 Å². The number of carbonyl (C=O) groups excluding carboxylic acids is 6. The Bertz CT molecular complexity index is 1540. The number of rotatable bonds is 17. The molecule has 0 unspecified atom stereocenters. The quantitative estimate of drug-likeness (QED) is 0.149. The van der Waals surface area contributed by atoms with E-state index in [0.717, 1.165) is 16.7 Å². The highest BCUT2D eigenvalue weighted by atomic mass is 16.6. The third-order valence-electron chi connectivity index (χ3n) is 8.27. The predicted octanol–water partition coefficient (Wildman–Crippen LogP) is 4.28. The smallest absolute Gasteiger partial charge is 0.408 e. The van der Waals surface area contributed by atoms with Crippen LogP contribution in [0.3, 0.4) is 0 Å². The highest BCUT2D eigenvalue weighted by Crippen LogP contribution is 2.20. The lowest BCUT2D eigenvalue weighted by atomic mass is 9.97. The lowest BCUT2D eigenvalue weighted by Crippen LogP contribution is -2.60. The average Bonchev–Trinajstić information content (AvgIpc) is 3.07. The number of esters is 1. The zero-order chi connectivity index (χ0) is 40.0. The van der Waals surface area contributed by atoms with E-state index >= 15 is 0 Å². The summed E-state index contributed by atoms with van der Waals surface area (Å²) < 4.78 is 10.1. The maximum Gasteiger partial charge on any atom is 0.408 e. The molecule has 2 aromatic carbocycles. The number of alkyl carbamates (subject to hydrolysis) is 1. The third-order valence-corrected chi connectivity index (χ3v) is 8.27. The first-order valence-electron chi connectivity index (χ1n) is 18.2. The van der Waals surface area contributed by atoms with Crippen LogP contribution in [-0.2, 0) is 39.9 Å². The van der Waals surface area contributed by atoms with Gasteiger partial charge in [0.25, 0.3) is 0 Å². The van der Waals surface area contributed by atoms with Crippen molar-refractivity contribution in [1.29, 1.82) is 0 Å². The van der Waals surface area contributed by atoms with Crippen molar-refractivity contribution in [3.05, 3.63) is 60.2 Å². The molecule has 0 heterocycles. The van der Waals surface area contributed by atoms with Crippen LogP contribution < -0.4 is 26.6 Å². The molecule has 2 aromatic rings. The van der Waals surface area contributed by atoms with E-state index < -0.39 is 77.4 Å². The zero-order valence-electron chi connectivity index (χ0n) is 33.0. The summed E-state index contributed by atoms with van der Waals surface area (Å²) >= 11 is 0. The van der Waals surface area contributed by atoms with Crippen LogP contribution in [-0.4, -0.2) is 78.6 Å². The van der Waals surface area contributed by atoms with Gasteiger partial charge in [-0.1, -0.05) is 96.1 Å². The van der Waals surface area contributed by atoms with Gasteiger partial charge in [-0.3, -0.25) is 19.2 Å². The van der Waals surface area contributed by atoms with Crippen molar-refractivity contribution in [3.8, 4) is 11.1 Å². The van der Waals surface area contributed by atoms with Crippen LogP contribution in [0, 0.1) is 17.8 Å². The molecule has 0 aliphatic carbocycles. The van der Waals surface area contributed by atoms with Crippen LogP contribution in [0.25, 0.3) is 11.1 Å². The molecule has 0 aromatic heterocycles. The lowest BCUT2D eigenvalue weighted by molar-refractivity contribution is -0.147. The minimum atomic E-state index is -1.16. The molecule has 292 valence electrons. The molecule has 13 heteroatoms. The summed E-state index contributed by atoms with van der Waals surface area (Å²) in [6.45, 7) is 17.4. The number of hydrogen-bond acceptors (Lipinski definition) is 8. The van der Waals surface area contributed by atoms with Gasteiger partial charge in [-0.15, -0.1) is 0 Å². The Hall–Kier alpha value is -4.94. The highest BCUT2D eigenvalue weighted by molar-refractivity contribution is 5.96. The maximum absolute atomic E-state index is 14.1. The summed E-state index contributed by atoms with van der Waals surface area (Å²) in [6.07, 6.45) is -0.484. The van der Waals surface area contributed by atoms with Crippen molar-refractivity contribution in [1.82, 2.24) is 26.6 Å². The molecule has 2 rings (SSSR count). The van der Waals surface area contributed by atoms with Crippen LogP contribution >= 0.6 is 0 Å². The molecule has 0 spiro atoms. The second-order valence-corrected chi connectivity index (χ2v) is 15.4. The molecule has 13 nitrogen and oxygen atoms in total. The van der Waals surface area contributed by atoms with E-state index in [1.165, 1.54) is 14.0 Å². The van der Waals surface area contributed by atoms with E-state index in [4.69, 9.17) is 9.47 Å². The standard InChI is InChI=1S/C40H59N5O8/c1-23(2)21-30(42-34(46)26(7)41-39(51)53-40(8,9)10)35(47)43-31(22-27-17-19-29(20-18-27)28-15-13-12-14-16-28)36(48)44-32(24(3)4)37(49)45-33(25(5)6)38(50)52-11/h12-20,23-26,30-33H,21-22H2,1-11H3,(H,41,51)(H,42,46)(H,43,47)(H,44,48)(H,45,49)/t26-,30-,31-,32+,33-/m0/s1. The van der Waals surface area contributed by atoms with E-state index in [9.17, 15) is 28.8 Å². The second kappa shape index (κ2) is 20.3. The summed E-state index contributed by atoms with van der Waals surface area (Å²) in [4.78, 5) is 79.4. The fraction of sp³-hybridized carbons (Fsp3) is 0.550. The maximum atomic E-state index is 14.1. The lowest BCUT2D eigenvalue weighted by Gasteiger charge is -2.29. The highest BCUT2D eigenvalue weighted by Gasteiger charge is 2.34.